The van der Waals surface area contributed by atoms with Crippen LogP contribution in [-0.4, -0.2) is 30.4 Å². The standard InChI is InChI=1S/C13H26N2O/c1-4-5-11-8-12(16)15(9-11)7-6-13(2,3)10-14/h11H,4-10,14H2,1-3H3. The van der Waals surface area contributed by atoms with Crippen molar-refractivity contribution in [3.05, 3.63) is 0 Å². The molecule has 1 aliphatic rings. The minimum Gasteiger partial charge on any atom is -0.342 e. The molecule has 1 unspecified atom stereocenters. The van der Waals surface area contributed by atoms with Crippen LogP contribution in [0.15, 0.2) is 0 Å². The summed E-state index contributed by atoms with van der Waals surface area (Å²) in [6.45, 7) is 9.04. The Hall–Kier alpha value is -0.570. The average Bonchev–Trinajstić information content (AvgIpc) is 2.57. The Kier molecular flexibility index (Phi) is 4.78. The monoisotopic (exact) mass is 226 g/mol. The number of carbonyl (C=O) groups is 1. The number of carbonyl (C=O) groups excluding carboxylic acids is 1. The normalized spacial score (nSPS) is 21.9. The Morgan fingerprint density at radius 1 is 1.50 bits per heavy atom. The van der Waals surface area contributed by atoms with Crippen molar-refractivity contribution in [1.82, 2.24) is 4.90 Å². The van der Waals surface area contributed by atoms with E-state index in [9.17, 15) is 4.79 Å². The summed E-state index contributed by atoms with van der Waals surface area (Å²) in [5, 5.41) is 0. The van der Waals surface area contributed by atoms with Gasteiger partial charge in [0.2, 0.25) is 5.91 Å². The summed E-state index contributed by atoms with van der Waals surface area (Å²) in [7, 11) is 0. The summed E-state index contributed by atoms with van der Waals surface area (Å²) in [5.74, 6) is 0.935. The van der Waals surface area contributed by atoms with E-state index in [0.29, 0.717) is 18.4 Å². The minimum atomic E-state index is 0.156. The molecule has 0 aliphatic carbocycles. The van der Waals surface area contributed by atoms with Crippen LogP contribution in [0.5, 0.6) is 0 Å². The van der Waals surface area contributed by atoms with Gasteiger partial charge in [-0.05, 0) is 30.7 Å². The molecule has 16 heavy (non-hydrogen) atoms. The van der Waals surface area contributed by atoms with Gasteiger partial charge in [-0.1, -0.05) is 27.2 Å². The molecule has 0 spiro atoms. The lowest BCUT2D eigenvalue weighted by Crippen LogP contribution is -2.32. The number of hydrogen-bond acceptors (Lipinski definition) is 2. The molecule has 0 aromatic rings. The molecule has 0 radical (unpaired) electrons. The summed E-state index contributed by atoms with van der Waals surface area (Å²) in [6, 6.07) is 0. The molecule has 3 nitrogen and oxygen atoms in total. The molecule has 1 aliphatic heterocycles. The van der Waals surface area contributed by atoms with E-state index in [1.807, 2.05) is 4.90 Å². The molecule has 94 valence electrons. The van der Waals surface area contributed by atoms with Gasteiger partial charge in [-0.15, -0.1) is 0 Å². The fraction of sp³-hybridized carbons (Fsp3) is 0.923. The van der Waals surface area contributed by atoms with Gasteiger partial charge in [-0.3, -0.25) is 4.79 Å². The zero-order valence-electron chi connectivity index (χ0n) is 11.0. The predicted octanol–water partition coefficient (Wildman–Crippen LogP) is 2.01. The Bertz CT molecular complexity index is 238. The first-order valence-corrected chi connectivity index (χ1v) is 6.46. The Balaban J connectivity index is 2.36. The van der Waals surface area contributed by atoms with Crippen LogP contribution in [0, 0.1) is 11.3 Å². The van der Waals surface area contributed by atoms with E-state index >= 15 is 0 Å². The SMILES string of the molecule is CCCC1CC(=O)N(CCC(C)(C)CN)C1. The second-order valence-electron chi connectivity index (χ2n) is 5.82. The second-order valence-corrected chi connectivity index (χ2v) is 5.82. The number of likely N-dealkylation sites (tertiary alicyclic amines) is 1. The van der Waals surface area contributed by atoms with E-state index in [0.717, 1.165) is 25.9 Å². The third kappa shape index (κ3) is 3.78. The molecule has 3 heteroatoms. The van der Waals surface area contributed by atoms with Crippen LogP contribution in [0.2, 0.25) is 0 Å². The maximum absolute atomic E-state index is 11.8. The quantitative estimate of drug-likeness (QED) is 0.753. The van der Waals surface area contributed by atoms with Crippen LogP contribution in [0.3, 0.4) is 0 Å². The summed E-state index contributed by atoms with van der Waals surface area (Å²) < 4.78 is 0. The molecular weight excluding hydrogens is 200 g/mol. The highest BCUT2D eigenvalue weighted by molar-refractivity contribution is 5.78. The number of hydrogen-bond donors (Lipinski definition) is 1. The molecule has 1 amide bonds. The van der Waals surface area contributed by atoms with Crippen LogP contribution in [0.25, 0.3) is 0 Å². The topological polar surface area (TPSA) is 46.3 Å². The smallest absolute Gasteiger partial charge is 0.222 e. The molecule has 1 atom stereocenters. The van der Waals surface area contributed by atoms with E-state index in [1.54, 1.807) is 0 Å². The third-order valence-electron chi connectivity index (χ3n) is 3.60. The summed E-state index contributed by atoms with van der Waals surface area (Å²) in [4.78, 5) is 13.8. The number of nitrogens with zero attached hydrogens (tertiary/aromatic N) is 1. The molecule has 0 aromatic carbocycles. The van der Waals surface area contributed by atoms with Crippen LogP contribution < -0.4 is 5.73 Å². The highest BCUT2D eigenvalue weighted by Crippen LogP contribution is 2.25. The van der Waals surface area contributed by atoms with Crippen molar-refractivity contribution >= 4 is 5.91 Å². The van der Waals surface area contributed by atoms with Crippen molar-refractivity contribution in [3.63, 3.8) is 0 Å². The number of nitrogens with two attached hydrogens (primary N) is 1. The van der Waals surface area contributed by atoms with E-state index < -0.39 is 0 Å². The van der Waals surface area contributed by atoms with E-state index in [4.69, 9.17) is 5.73 Å². The van der Waals surface area contributed by atoms with Crippen molar-refractivity contribution in [3.8, 4) is 0 Å². The molecule has 0 aromatic heterocycles. The zero-order chi connectivity index (χ0) is 12.2. The van der Waals surface area contributed by atoms with Crippen molar-refractivity contribution < 1.29 is 4.79 Å². The first kappa shape index (κ1) is 13.5. The fourth-order valence-electron chi connectivity index (χ4n) is 2.21. The first-order chi connectivity index (χ1) is 7.48. The Labute approximate surface area is 99.4 Å². The Morgan fingerprint density at radius 3 is 2.75 bits per heavy atom. The highest BCUT2D eigenvalue weighted by atomic mass is 16.2. The molecule has 1 fully saturated rings. The molecule has 2 N–H and O–H groups in total. The van der Waals surface area contributed by atoms with Gasteiger partial charge in [-0.2, -0.15) is 0 Å². The number of rotatable bonds is 6. The van der Waals surface area contributed by atoms with Gasteiger partial charge >= 0.3 is 0 Å². The van der Waals surface area contributed by atoms with E-state index in [2.05, 4.69) is 20.8 Å². The van der Waals surface area contributed by atoms with Crippen molar-refractivity contribution in [2.75, 3.05) is 19.6 Å². The van der Waals surface area contributed by atoms with E-state index in [-0.39, 0.29) is 5.41 Å². The van der Waals surface area contributed by atoms with Gasteiger partial charge < -0.3 is 10.6 Å². The van der Waals surface area contributed by atoms with Gasteiger partial charge in [0.25, 0.3) is 0 Å². The molecule has 1 rings (SSSR count). The maximum atomic E-state index is 11.8. The number of amides is 1. The molecule has 0 bridgehead atoms. The molecule has 1 heterocycles. The van der Waals surface area contributed by atoms with Crippen molar-refractivity contribution in [2.24, 2.45) is 17.1 Å². The minimum absolute atomic E-state index is 0.156. The lowest BCUT2D eigenvalue weighted by molar-refractivity contribution is -0.128. The second kappa shape index (κ2) is 5.67. The van der Waals surface area contributed by atoms with Crippen LogP contribution >= 0.6 is 0 Å². The first-order valence-electron chi connectivity index (χ1n) is 6.46. The third-order valence-corrected chi connectivity index (χ3v) is 3.60. The van der Waals surface area contributed by atoms with Crippen molar-refractivity contribution in [1.29, 1.82) is 0 Å². The lowest BCUT2D eigenvalue weighted by atomic mass is 9.89. The summed E-state index contributed by atoms with van der Waals surface area (Å²) in [5.41, 5.74) is 5.85. The molecular formula is C13H26N2O. The average molecular weight is 226 g/mol. The largest absolute Gasteiger partial charge is 0.342 e. The van der Waals surface area contributed by atoms with E-state index in [1.165, 1.54) is 12.8 Å². The van der Waals surface area contributed by atoms with Crippen LogP contribution in [0.4, 0.5) is 0 Å². The maximum Gasteiger partial charge on any atom is 0.222 e. The van der Waals surface area contributed by atoms with Crippen LogP contribution in [-0.2, 0) is 4.79 Å². The van der Waals surface area contributed by atoms with Gasteiger partial charge in [0.1, 0.15) is 0 Å². The van der Waals surface area contributed by atoms with Gasteiger partial charge in [-0.25, -0.2) is 0 Å². The van der Waals surface area contributed by atoms with Gasteiger partial charge in [0, 0.05) is 19.5 Å². The summed E-state index contributed by atoms with van der Waals surface area (Å²) in [6.07, 6.45) is 4.13. The van der Waals surface area contributed by atoms with Crippen LogP contribution in [0.1, 0.15) is 46.5 Å². The molecule has 1 saturated heterocycles. The fourth-order valence-corrected chi connectivity index (χ4v) is 2.21. The molecule has 0 saturated carbocycles. The lowest BCUT2D eigenvalue weighted by Gasteiger charge is -2.26. The van der Waals surface area contributed by atoms with Gasteiger partial charge in [0.05, 0.1) is 0 Å². The summed E-state index contributed by atoms with van der Waals surface area (Å²) >= 11 is 0. The highest BCUT2D eigenvalue weighted by Gasteiger charge is 2.29. The van der Waals surface area contributed by atoms with Crippen molar-refractivity contribution in [2.45, 2.75) is 46.5 Å². The van der Waals surface area contributed by atoms with Gasteiger partial charge in [0.15, 0.2) is 0 Å². The predicted molar refractivity (Wildman–Crippen MR) is 67.0 cm³/mol. The Morgan fingerprint density at radius 2 is 2.19 bits per heavy atom. The zero-order valence-corrected chi connectivity index (χ0v) is 11.0.